The highest BCUT2D eigenvalue weighted by molar-refractivity contribution is 8.13. The van der Waals surface area contributed by atoms with E-state index in [1.807, 2.05) is 0 Å². The van der Waals surface area contributed by atoms with Crippen molar-refractivity contribution in [3.8, 4) is 5.75 Å². The van der Waals surface area contributed by atoms with Crippen molar-refractivity contribution in [2.24, 2.45) is 0 Å². The summed E-state index contributed by atoms with van der Waals surface area (Å²) in [6.45, 7) is 0.0585. The molecule has 0 saturated carbocycles. The zero-order chi connectivity index (χ0) is 16.0. The quantitative estimate of drug-likeness (QED) is 0.580. The van der Waals surface area contributed by atoms with Gasteiger partial charge in [0.1, 0.15) is 4.90 Å². The Hall–Kier alpha value is -1.41. The molecule has 1 rings (SSSR count). The van der Waals surface area contributed by atoms with Crippen LogP contribution in [0, 0.1) is 11.6 Å². The molecule has 118 valence electrons. The van der Waals surface area contributed by atoms with Gasteiger partial charge in [0.2, 0.25) is 5.82 Å². The highest BCUT2D eigenvalue weighted by Gasteiger charge is 2.22. The summed E-state index contributed by atoms with van der Waals surface area (Å²) in [6.07, 6.45) is 1.51. The summed E-state index contributed by atoms with van der Waals surface area (Å²) in [4.78, 5) is 9.32. The number of hydrogen-bond acceptors (Lipinski definition) is 4. The minimum Gasteiger partial charge on any atom is -0.490 e. The molecule has 0 heterocycles. The standard InChI is InChI=1S/C12H13ClF2O5S/c13-21(18,19)9-6-5-8(11(14)12(9)15)20-7-3-1-2-4-10(16)17/h5-6H,1-4,7H2,(H,16,17). The van der Waals surface area contributed by atoms with Crippen LogP contribution in [0.2, 0.25) is 0 Å². The first kappa shape index (κ1) is 17.6. The average molecular weight is 343 g/mol. The first-order valence-corrected chi connectivity index (χ1v) is 8.31. The maximum atomic E-state index is 13.6. The average Bonchev–Trinajstić information content (AvgIpc) is 2.36. The second-order valence-electron chi connectivity index (χ2n) is 4.18. The van der Waals surface area contributed by atoms with Gasteiger partial charge in [-0.15, -0.1) is 0 Å². The maximum absolute atomic E-state index is 13.6. The number of carboxylic acids is 1. The molecule has 9 heteroatoms. The summed E-state index contributed by atoms with van der Waals surface area (Å²) in [5.41, 5.74) is 0. The van der Waals surface area contributed by atoms with Crippen molar-refractivity contribution in [1.82, 2.24) is 0 Å². The van der Waals surface area contributed by atoms with Crippen LogP contribution >= 0.6 is 10.7 Å². The second kappa shape index (κ2) is 7.56. The second-order valence-corrected chi connectivity index (χ2v) is 6.71. The summed E-state index contributed by atoms with van der Waals surface area (Å²) in [5, 5.41) is 8.42. The number of hydrogen-bond donors (Lipinski definition) is 1. The minimum atomic E-state index is -4.37. The van der Waals surface area contributed by atoms with Crippen molar-refractivity contribution in [2.45, 2.75) is 30.6 Å². The summed E-state index contributed by atoms with van der Waals surface area (Å²) in [6, 6.07) is 1.80. The monoisotopic (exact) mass is 342 g/mol. The lowest BCUT2D eigenvalue weighted by Gasteiger charge is -2.09. The molecule has 0 aliphatic rings. The van der Waals surface area contributed by atoms with E-state index in [0.717, 1.165) is 12.1 Å². The Labute approximate surface area is 124 Å². The lowest BCUT2D eigenvalue weighted by molar-refractivity contribution is -0.137. The molecule has 0 atom stereocenters. The number of aliphatic carboxylic acids is 1. The summed E-state index contributed by atoms with van der Waals surface area (Å²) >= 11 is 0. The number of ether oxygens (including phenoxy) is 1. The third-order valence-corrected chi connectivity index (χ3v) is 3.91. The first-order valence-electron chi connectivity index (χ1n) is 6.00. The van der Waals surface area contributed by atoms with E-state index < -0.39 is 37.3 Å². The van der Waals surface area contributed by atoms with Gasteiger partial charge in [0.15, 0.2) is 11.6 Å². The number of carboxylic acid groups (broad SMARTS) is 1. The molecule has 0 fully saturated rings. The van der Waals surface area contributed by atoms with Gasteiger partial charge in [0.25, 0.3) is 9.05 Å². The van der Waals surface area contributed by atoms with E-state index in [2.05, 4.69) is 0 Å². The molecule has 0 bridgehead atoms. The van der Waals surface area contributed by atoms with Crippen LogP contribution in [0.5, 0.6) is 5.75 Å². The highest BCUT2D eigenvalue weighted by atomic mass is 35.7. The van der Waals surface area contributed by atoms with Crippen LogP contribution in [0.25, 0.3) is 0 Å². The van der Waals surface area contributed by atoms with Crippen LogP contribution in [0.4, 0.5) is 8.78 Å². The maximum Gasteiger partial charge on any atom is 0.303 e. The summed E-state index contributed by atoms with van der Waals surface area (Å²) in [5.74, 6) is -4.34. The third-order valence-electron chi connectivity index (χ3n) is 2.57. The van der Waals surface area contributed by atoms with Crippen molar-refractivity contribution in [2.75, 3.05) is 6.61 Å². The van der Waals surface area contributed by atoms with Crippen LogP contribution < -0.4 is 4.74 Å². The van der Waals surface area contributed by atoms with Gasteiger partial charge in [-0.1, -0.05) is 0 Å². The lowest BCUT2D eigenvalue weighted by Crippen LogP contribution is -2.04. The zero-order valence-electron chi connectivity index (χ0n) is 10.8. The molecule has 0 aliphatic carbocycles. The molecule has 1 aromatic carbocycles. The van der Waals surface area contributed by atoms with Crippen LogP contribution in [0.15, 0.2) is 17.0 Å². The van der Waals surface area contributed by atoms with E-state index in [0.29, 0.717) is 19.3 Å². The fourth-order valence-electron chi connectivity index (χ4n) is 1.55. The fourth-order valence-corrected chi connectivity index (χ4v) is 2.44. The lowest BCUT2D eigenvalue weighted by atomic mass is 10.2. The van der Waals surface area contributed by atoms with E-state index in [9.17, 15) is 22.0 Å². The Morgan fingerprint density at radius 2 is 1.86 bits per heavy atom. The molecule has 0 unspecified atom stereocenters. The molecule has 1 aromatic rings. The number of rotatable bonds is 8. The Morgan fingerprint density at radius 3 is 2.43 bits per heavy atom. The molecule has 1 N–H and O–H groups in total. The van der Waals surface area contributed by atoms with Gasteiger partial charge < -0.3 is 9.84 Å². The molecule has 0 saturated heterocycles. The van der Waals surface area contributed by atoms with E-state index in [4.69, 9.17) is 20.5 Å². The fraction of sp³-hybridized carbons (Fsp3) is 0.417. The van der Waals surface area contributed by atoms with Gasteiger partial charge in [-0.2, -0.15) is 4.39 Å². The van der Waals surface area contributed by atoms with Gasteiger partial charge in [-0.25, -0.2) is 12.8 Å². The van der Waals surface area contributed by atoms with Crippen LogP contribution in [-0.2, 0) is 13.8 Å². The van der Waals surface area contributed by atoms with E-state index in [1.165, 1.54) is 0 Å². The minimum absolute atomic E-state index is 0.0330. The number of halogens is 3. The third kappa shape index (κ3) is 5.47. The predicted octanol–water partition coefficient (Wildman–Crippen LogP) is 2.92. The SMILES string of the molecule is O=C(O)CCCCCOc1ccc(S(=O)(=O)Cl)c(F)c1F. The molecule has 0 aliphatic heterocycles. The number of carbonyl (C=O) groups is 1. The zero-order valence-corrected chi connectivity index (χ0v) is 12.4. The molecule has 0 aromatic heterocycles. The Kier molecular flexibility index (Phi) is 6.35. The van der Waals surface area contributed by atoms with Crippen molar-refractivity contribution >= 4 is 25.7 Å². The van der Waals surface area contributed by atoms with Gasteiger partial charge in [0, 0.05) is 17.1 Å². The van der Waals surface area contributed by atoms with Gasteiger partial charge in [-0.05, 0) is 31.4 Å². The Bertz CT molecular complexity index is 618. The van der Waals surface area contributed by atoms with Crippen LogP contribution in [0.3, 0.4) is 0 Å². The van der Waals surface area contributed by atoms with Crippen molar-refractivity contribution < 1.29 is 31.8 Å². The highest BCUT2D eigenvalue weighted by Crippen LogP contribution is 2.27. The number of unbranched alkanes of at least 4 members (excludes halogenated alkanes) is 2. The summed E-state index contributed by atoms with van der Waals surface area (Å²) in [7, 11) is 0.585. The Balaban J connectivity index is 2.58. The van der Waals surface area contributed by atoms with Crippen molar-refractivity contribution in [1.29, 1.82) is 0 Å². The van der Waals surface area contributed by atoms with Crippen LogP contribution in [0.1, 0.15) is 25.7 Å². The van der Waals surface area contributed by atoms with Crippen molar-refractivity contribution in [3.05, 3.63) is 23.8 Å². The van der Waals surface area contributed by atoms with E-state index >= 15 is 0 Å². The molecule has 0 radical (unpaired) electrons. The molecule has 0 amide bonds. The van der Waals surface area contributed by atoms with Crippen molar-refractivity contribution in [3.63, 3.8) is 0 Å². The molecular weight excluding hydrogens is 330 g/mol. The molecule has 21 heavy (non-hydrogen) atoms. The molecular formula is C12H13ClF2O5S. The molecule has 0 spiro atoms. The van der Waals surface area contributed by atoms with Gasteiger partial charge >= 0.3 is 5.97 Å². The van der Waals surface area contributed by atoms with Crippen LogP contribution in [-0.4, -0.2) is 26.1 Å². The van der Waals surface area contributed by atoms with E-state index in [-0.39, 0.29) is 13.0 Å². The predicted molar refractivity (Wildman–Crippen MR) is 71.0 cm³/mol. The topological polar surface area (TPSA) is 80.7 Å². The smallest absolute Gasteiger partial charge is 0.303 e. The molecule has 5 nitrogen and oxygen atoms in total. The normalized spacial score (nSPS) is 11.4. The van der Waals surface area contributed by atoms with E-state index in [1.54, 1.807) is 0 Å². The summed E-state index contributed by atoms with van der Waals surface area (Å²) < 4.78 is 54.0. The number of benzene rings is 1. The largest absolute Gasteiger partial charge is 0.490 e. The van der Waals surface area contributed by atoms with Gasteiger partial charge in [0.05, 0.1) is 6.61 Å². The van der Waals surface area contributed by atoms with Gasteiger partial charge in [-0.3, -0.25) is 4.79 Å². The Morgan fingerprint density at radius 1 is 1.19 bits per heavy atom. The first-order chi connectivity index (χ1) is 9.73.